The minimum Gasteiger partial charge on any atom is -0.507 e. The van der Waals surface area contributed by atoms with Gasteiger partial charge in [0.2, 0.25) is 0 Å². The molecule has 3 aromatic carbocycles. The molecule has 0 spiro atoms. The van der Waals surface area contributed by atoms with Gasteiger partial charge in [-0.15, -0.1) is 0 Å². The fraction of sp³-hybridized carbons (Fsp3) is 0.154. The number of Topliss-reactive ketones (excluding diaryl/α,β-unsaturated/α-hetero) is 1. The molecule has 1 saturated heterocycles. The Morgan fingerprint density at radius 2 is 1.58 bits per heavy atom. The molecule has 31 heavy (non-hydrogen) atoms. The zero-order valence-corrected chi connectivity index (χ0v) is 17.4. The van der Waals surface area contributed by atoms with E-state index < -0.39 is 17.7 Å². The van der Waals surface area contributed by atoms with Gasteiger partial charge in [-0.25, -0.2) is 0 Å². The first-order chi connectivity index (χ1) is 15.0. The molecule has 1 atom stereocenters. The standard InChI is InChI=1S/C26H23NO4/c1-3-31-20-15-13-19(14-16-20)27-23(21-12-8-7-9-17(21)2)22(25(29)26(27)30)24(28)18-10-5-4-6-11-18/h4-16,23,28H,3H2,1-2H3/b24-22-. The molecule has 1 N–H and O–H groups in total. The molecule has 1 aliphatic rings. The lowest BCUT2D eigenvalue weighted by Gasteiger charge is -2.26. The van der Waals surface area contributed by atoms with Crippen molar-refractivity contribution in [1.29, 1.82) is 0 Å². The number of aryl methyl sites for hydroxylation is 1. The van der Waals surface area contributed by atoms with Crippen molar-refractivity contribution in [3.63, 3.8) is 0 Å². The van der Waals surface area contributed by atoms with Gasteiger partial charge in [-0.2, -0.15) is 0 Å². The van der Waals surface area contributed by atoms with Crippen LogP contribution in [0, 0.1) is 6.92 Å². The molecule has 0 radical (unpaired) electrons. The SMILES string of the molecule is CCOc1ccc(N2C(=O)C(=O)/C(=C(\O)c3ccccc3)C2c2ccccc2C)cc1. The Morgan fingerprint density at radius 3 is 2.23 bits per heavy atom. The molecule has 1 amide bonds. The average Bonchev–Trinajstić information content (AvgIpc) is 3.05. The Bertz CT molecular complexity index is 1150. The van der Waals surface area contributed by atoms with Crippen LogP contribution in [-0.4, -0.2) is 23.4 Å². The maximum Gasteiger partial charge on any atom is 0.300 e. The maximum atomic E-state index is 13.2. The van der Waals surface area contributed by atoms with Crippen LogP contribution in [0.2, 0.25) is 0 Å². The second kappa shape index (κ2) is 8.48. The van der Waals surface area contributed by atoms with Crippen molar-refractivity contribution in [2.75, 3.05) is 11.5 Å². The predicted octanol–water partition coefficient (Wildman–Crippen LogP) is 5.02. The Kier molecular flexibility index (Phi) is 5.58. The van der Waals surface area contributed by atoms with Crippen molar-refractivity contribution in [3.8, 4) is 5.75 Å². The lowest BCUT2D eigenvalue weighted by atomic mass is 9.92. The van der Waals surface area contributed by atoms with E-state index >= 15 is 0 Å². The van der Waals surface area contributed by atoms with E-state index in [0.29, 0.717) is 23.6 Å². The Labute approximate surface area is 181 Å². The molecule has 5 heteroatoms. The molecule has 1 heterocycles. The number of anilines is 1. The minimum absolute atomic E-state index is 0.0828. The monoisotopic (exact) mass is 413 g/mol. The van der Waals surface area contributed by atoms with Gasteiger partial charge in [-0.1, -0.05) is 54.6 Å². The zero-order valence-electron chi connectivity index (χ0n) is 17.4. The number of benzene rings is 3. The molecular weight excluding hydrogens is 390 g/mol. The number of aliphatic hydroxyl groups is 1. The summed E-state index contributed by atoms with van der Waals surface area (Å²) in [5.74, 6) is -0.876. The highest BCUT2D eigenvalue weighted by atomic mass is 16.5. The van der Waals surface area contributed by atoms with Gasteiger partial charge < -0.3 is 9.84 Å². The van der Waals surface area contributed by atoms with E-state index in [4.69, 9.17) is 4.74 Å². The maximum absolute atomic E-state index is 13.2. The van der Waals surface area contributed by atoms with E-state index in [2.05, 4.69) is 0 Å². The second-order valence-electron chi connectivity index (χ2n) is 7.32. The summed E-state index contributed by atoms with van der Waals surface area (Å²) in [7, 11) is 0. The molecule has 1 aliphatic heterocycles. The Morgan fingerprint density at radius 1 is 0.935 bits per heavy atom. The smallest absolute Gasteiger partial charge is 0.300 e. The molecular formula is C26H23NO4. The number of aliphatic hydroxyl groups excluding tert-OH is 1. The van der Waals surface area contributed by atoms with E-state index in [9.17, 15) is 14.7 Å². The summed E-state index contributed by atoms with van der Waals surface area (Å²) in [6.45, 7) is 4.36. The van der Waals surface area contributed by atoms with Gasteiger partial charge in [0, 0.05) is 11.3 Å². The van der Waals surface area contributed by atoms with Gasteiger partial charge in [-0.3, -0.25) is 14.5 Å². The number of carbonyl (C=O) groups is 2. The summed E-state index contributed by atoms with van der Waals surface area (Å²) >= 11 is 0. The Hall–Kier alpha value is -3.86. The highest BCUT2D eigenvalue weighted by Gasteiger charge is 2.47. The van der Waals surface area contributed by atoms with Crippen LogP contribution in [0.4, 0.5) is 5.69 Å². The lowest BCUT2D eigenvalue weighted by molar-refractivity contribution is -0.132. The number of ether oxygens (including phenoxy) is 1. The molecule has 0 bridgehead atoms. The topological polar surface area (TPSA) is 66.8 Å². The van der Waals surface area contributed by atoms with Crippen molar-refractivity contribution in [3.05, 3.63) is 101 Å². The summed E-state index contributed by atoms with van der Waals surface area (Å²) in [6.07, 6.45) is 0. The predicted molar refractivity (Wildman–Crippen MR) is 120 cm³/mol. The normalized spacial score (nSPS) is 17.7. The van der Waals surface area contributed by atoms with Gasteiger partial charge in [0.15, 0.2) is 0 Å². The van der Waals surface area contributed by atoms with Crippen LogP contribution in [0.15, 0.2) is 84.4 Å². The van der Waals surface area contributed by atoms with Crippen LogP contribution in [0.5, 0.6) is 5.75 Å². The van der Waals surface area contributed by atoms with Crippen molar-refractivity contribution in [2.45, 2.75) is 19.9 Å². The average molecular weight is 413 g/mol. The number of ketones is 1. The Balaban J connectivity index is 1.91. The molecule has 4 rings (SSSR count). The van der Waals surface area contributed by atoms with E-state index in [1.165, 1.54) is 4.90 Å². The van der Waals surface area contributed by atoms with Crippen LogP contribution in [0.1, 0.15) is 29.7 Å². The number of amides is 1. The first-order valence-electron chi connectivity index (χ1n) is 10.2. The third-order valence-electron chi connectivity index (χ3n) is 5.40. The van der Waals surface area contributed by atoms with E-state index in [0.717, 1.165) is 11.1 Å². The molecule has 3 aromatic rings. The molecule has 5 nitrogen and oxygen atoms in total. The van der Waals surface area contributed by atoms with Gasteiger partial charge in [0.25, 0.3) is 11.7 Å². The van der Waals surface area contributed by atoms with E-state index in [-0.39, 0.29) is 11.3 Å². The quantitative estimate of drug-likeness (QED) is 0.362. The highest BCUT2D eigenvalue weighted by Crippen LogP contribution is 2.43. The van der Waals surface area contributed by atoms with Crippen LogP contribution >= 0.6 is 0 Å². The fourth-order valence-corrected chi connectivity index (χ4v) is 3.91. The van der Waals surface area contributed by atoms with Gasteiger partial charge >= 0.3 is 0 Å². The van der Waals surface area contributed by atoms with Crippen molar-refractivity contribution in [1.82, 2.24) is 0 Å². The van der Waals surface area contributed by atoms with Crippen molar-refractivity contribution >= 4 is 23.1 Å². The minimum atomic E-state index is -0.737. The number of nitrogens with zero attached hydrogens (tertiary/aromatic N) is 1. The van der Waals surface area contributed by atoms with Gasteiger partial charge in [-0.05, 0) is 49.2 Å². The van der Waals surface area contributed by atoms with E-state index in [1.807, 2.05) is 44.2 Å². The summed E-state index contributed by atoms with van der Waals surface area (Å²) < 4.78 is 5.50. The first kappa shape index (κ1) is 20.4. The second-order valence-corrected chi connectivity index (χ2v) is 7.32. The van der Waals surface area contributed by atoms with Crippen LogP contribution in [-0.2, 0) is 9.59 Å². The van der Waals surface area contributed by atoms with Crippen LogP contribution in [0.3, 0.4) is 0 Å². The number of hydrogen-bond acceptors (Lipinski definition) is 4. The number of carbonyl (C=O) groups excluding carboxylic acids is 2. The molecule has 1 unspecified atom stereocenters. The third kappa shape index (κ3) is 3.70. The molecule has 0 saturated carbocycles. The summed E-state index contributed by atoms with van der Waals surface area (Å²) in [6, 6.07) is 22.7. The zero-order chi connectivity index (χ0) is 22.0. The van der Waals surface area contributed by atoms with Crippen LogP contribution in [0.25, 0.3) is 5.76 Å². The highest BCUT2D eigenvalue weighted by molar-refractivity contribution is 6.51. The summed E-state index contributed by atoms with van der Waals surface area (Å²) in [5, 5.41) is 11.1. The van der Waals surface area contributed by atoms with Crippen LogP contribution < -0.4 is 9.64 Å². The van der Waals surface area contributed by atoms with Crippen molar-refractivity contribution < 1.29 is 19.4 Å². The lowest BCUT2D eigenvalue weighted by Crippen LogP contribution is -2.29. The fourth-order valence-electron chi connectivity index (χ4n) is 3.91. The molecule has 0 aliphatic carbocycles. The molecule has 0 aromatic heterocycles. The van der Waals surface area contributed by atoms with Gasteiger partial charge in [0.05, 0.1) is 18.2 Å². The largest absolute Gasteiger partial charge is 0.507 e. The number of hydrogen-bond donors (Lipinski definition) is 1. The first-order valence-corrected chi connectivity index (χ1v) is 10.2. The molecule has 156 valence electrons. The van der Waals surface area contributed by atoms with E-state index in [1.54, 1.807) is 48.5 Å². The number of rotatable bonds is 5. The third-order valence-corrected chi connectivity index (χ3v) is 5.40. The van der Waals surface area contributed by atoms with Gasteiger partial charge in [0.1, 0.15) is 11.5 Å². The van der Waals surface area contributed by atoms with Crippen molar-refractivity contribution in [2.24, 2.45) is 0 Å². The molecule has 1 fully saturated rings. The summed E-state index contributed by atoms with van der Waals surface area (Å²) in [4.78, 5) is 27.7. The summed E-state index contributed by atoms with van der Waals surface area (Å²) in [5.41, 5.74) is 2.84.